The van der Waals surface area contributed by atoms with Crippen molar-refractivity contribution in [3.8, 4) is 0 Å². The van der Waals surface area contributed by atoms with Gasteiger partial charge in [-0.3, -0.25) is 4.79 Å². The van der Waals surface area contributed by atoms with Crippen molar-refractivity contribution in [2.24, 2.45) is 5.10 Å². The summed E-state index contributed by atoms with van der Waals surface area (Å²) in [6.45, 7) is 0. The van der Waals surface area contributed by atoms with Crippen LogP contribution in [0.5, 0.6) is 0 Å². The molecule has 0 radical (unpaired) electrons. The van der Waals surface area contributed by atoms with Crippen LogP contribution in [0.2, 0.25) is 5.02 Å². The minimum absolute atomic E-state index is 0.194. The van der Waals surface area contributed by atoms with Crippen LogP contribution in [0.25, 0.3) is 10.2 Å². The summed E-state index contributed by atoms with van der Waals surface area (Å²) in [6, 6.07) is 12.9. The van der Waals surface area contributed by atoms with E-state index in [9.17, 15) is 4.79 Å². The molecule has 23 heavy (non-hydrogen) atoms. The zero-order valence-corrected chi connectivity index (χ0v) is 13.6. The molecule has 3 N–H and O–H groups in total. The molecule has 0 unspecified atom stereocenters. The summed E-state index contributed by atoms with van der Waals surface area (Å²) in [7, 11) is 0. The number of nitrogens with two attached hydrogens (primary N) is 1. The molecule has 0 aliphatic carbocycles. The lowest BCUT2D eigenvalue weighted by atomic mass is 10.1. The van der Waals surface area contributed by atoms with Crippen LogP contribution in [0.15, 0.2) is 47.6 Å². The van der Waals surface area contributed by atoms with Crippen molar-refractivity contribution < 1.29 is 4.79 Å². The molecule has 0 saturated heterocycles. The number of carbonyl (C=O) groups excluding carboxylic acids is 1. The highest BCUT2D eigenvalue weighted by Gasteiger charge is 2.06. The highest BCUT2D eigenvalue weighted by atomic mass is 35.5. The molecule has 1 heterocycles. The van der Waals surface area contributed by atoms with Gasteiger partial charge in [0.25, 0.3) is 0 Å². The van der Waals surface area contributed by atoms with Crippen LogP contribution >= 0.6 is 22.9 Å². The van der Waals surface area contributed by atoms with E-state index in [-0.39, 0.29) is 12.3 Å². The molecule has 7 heteroatoms. The number of aromatic nitrogens is 1. The minimum atomic E-state index is -0.194. The van der Waals surface area contributed by atoms with Gasteiger partial charge in [-0.25, -0.2) is 10.4 Å². The Hall–Kier alpha value is -2.44. The standard InChI is InChI=1S/C16H13ClN4OS/c17-12-3-1-2-11(6-12)9-19-21-15(22)8-10-4-5-13-14(7-10)23-16(18)20-13/h1-7,9H,8H2,(H2,18,20)(H,21,22)/b19-9-. The van der Waals surface area contributed by atoms with Gasteiger partial charge in [-0.2, -0.15) is 5.10 Å². The van der Waals surface area contributed by atoms with Crippen LogP contribution in [0.1, 0.15) is 11.1 Å². The average Bonchev–Trinajstić information content (AvgIpc) is 2.86. The van der Waals surface area contributed by atoms with E-state index >= 15 is 0 Å². The molecule has 1 amide bonds. The van der Waals surface area contributed by atoms with E-state index < -0.39 is 0 Å². The number of hydrogen-bond acceptors (Lipinski definition) is 5. The number of anilines is 1. The number of thiazole rings is 1. The van der Waals surface area contributed by atoms with Gasteiger partial charge in [0.1, 0.15) is 0 Å². The van der Waals surface area contributed by atoms with E-state index in [0.29, 0.717) is 10.2 Å². The number of halogens is 1. The summed E-state index contributed by atoms with van der Waals surface area (Å²) in [4.78, 5) is 16.1. The second-order valence-electron chi connectivity index (χ2n) is 4.88. The van der Waals surface area contributed by atoms with Crippen molar-refractivity contribution in [1.82, 2.24) is 10.4 Å². The first-order valence-electron chi connectivity index (χ1n) is 6.82. The molecule has 0 bridgehead atoms. The van der Waals surface area contributed by atoms with E-state index in [4.69, 9.17) is 17.3 Å². The number of nitrogens with zero attached hydrogens (tertiary/aromatic N) is 2. The number of hydrogen-bond donors (Lipinski definition) is 2. The SMILES string of the molecule is Nc1nc2ccc(CC(=O)N/N=C\c3cccc(Cl)c3)cc2s1. The number of hydrazone groups is 1. The number of rotatable bonds is 4. The summed E-state index contributed by atoms with van der Waals surface area (Å²) in [6.07, 6.45) is 1.79. The second kappa shape index (κ2) is 6.76. The van der Waals surface area contributed by atoms with Crippen molar-refractivity contribution in [1.29, 1.82) is 0 Å². The lowest BCUT2D eigenvalue weighted by molar-refractivity contribution is -0.120. The van der Waals surface area contributed by atoms with E-state index in [2.05, 4.69) is 15.5 Å². The fraction of sp³-hybridized carbons (Fsp3) is 0.0625. The first-order valence-corrected chi connectivity index (χ1v) is 8.02. The van der Waals surface area contributed by atoms with Gasteiger partial charge in [-0.1, -0.05) is 41.1 Å². The van der Waals surface area contributed by atoms with Crippen molar-refractivity contribution in [2.75, 3.05) is 5.73 Å². The van der Waals surface area contributed by atoms with E-state index in [0.717, 1.165) is 21.3 Å². The summed E-state index contributed by atoms with van der Waals surface area (Å²) in [5.41, 5.74) is 10.7. The predicted octanol–water partition coefficient (Wildman–Crippen LogP) is 3.22. The normalized spacial score (nSPS) is 11.2. The minimum Gasteiger partial charge on any atom is -0.375 e. The third-order valence-electron chi connectivity index (χ3n) is 3.09. The number of nitrogens with one attached hydrogen (secondary N) is 1. The quantitative estimate of drug-likeness (QED) is 0.563. The van der Waals surface area contributed by atoms with Gasteiger partial charge in [-0.15, -0.1) is 0 Å². The first-order chi connectivity index (χ1) is 11.1. The summed E-state index contributed by atoms with van der Waals surface area (Å²) in [5.74, 6) is -0.194. The Morgan fingerprint density at radius 2 is 2.22 bits per heavy atom. The highest BCUT2D eigenvalue weighted by Crippen LogP contribution is 2.24. The van der Waals surface area contributed by atoms with Gasteiger partial charge < -0.3 is 5.73 Å². The molecule has 1 aromatic heterocycles. The molecule has 3 aromatic rings. The molecule has 2 aromatic carbocycles. The topological polar surface area (TPSA) is 80.4 Å². The fourth-order valence-electron chi connectivity index (χ4n) is 2.09. The van der Waals surface area contributed by atoms with Crippen LogP contribution in [-0.2, 0) is 11.2 Å². The van der Waals surface area contributed by atoms with E-state index in [1.807, 2.05) is 30.3 Å². The van der Waals surface area contributed by atoms with Crippen LogP contribution in [0.4, 0.5) is 5.13 Å². The molecular formula is C16H13ClN4OS. The van der Waals surface area contributed by atoms with Gasteiger partial charge in [-0.05, 0) is 35.4 Å². The lowest BCUT2D eigenvalue weighted by Crippen LogP contribution is -2.19. The molecule has 0 atom stereocenters. The zero-order chi connectivity index (χ0) is 16.2. The fourth-order valence-corrected chi connectivity index (χ4v) is 3.08. The van der Waals surface area contributed by atoms with E-state index in [1.54, 1.807) is 18.3 Å². The molecule has 3 rings (SSSR count). The Morgan fingerprint density at radius 1 is 1.35 bits per heavy atom. The number of carbonyl (C=O) groups is 1. The van der Waals surface area contributed by atoms with Gasteiger partial charge in [0.2, 0.25) is 5.91 Å². The van der Waals surface area contributed by atoms with Gasteiger partial charge >= 0.3 is 0 Å². The second-order valence-corrected chi connectivity index (χ2v) is 6.38. The highest BCUT2D eigenvalue weighted by molar-refractivity contribution is 7.22. The molecule has 0 aliphatic heterocycles. The number of fused-ring (bicyclic) bond motifs is 1. The predicted molar refractivity (Wildman–Crippen MR) is 94.9 cm³/mol. The smallest absolute Gasteiger partial charge is 0.244 e. The lowest BCUT2D eigenvalue weighted by Gasteiger charge is -2.00. The Bertz CT molecular complexity index is 891. The third kappa shape index (κ3) is 4.06. The maximum atomic E-state index is 11.9. The summed E-state index contributed by atoms with van der Waals surface area (Å²) < 4.78 is 0.968. The first kappa shape index (κ1) is 15.5. The van der Waals surface area contributed by atoms with Crippen molar-refractivity contribution in [3.05, 3.63) is 58.6 Å². The molecular weight excluding hydrogens is 332 g/mol. The molecule has 5 nitrogen and oxygen atoms in total. The van der Waals surface area contributed by atoms with Crippen molar-refractivity contribution in [3.63, 3.8) is 0 Å². The number of amides is 1. The molecule has 0 aliphatic rings. The number of benzene rings is 2. The summed E-state index contributed by atoms with van der Waals surface area (Å²) in [5, 5.41) is 5.08. The Balaban J connectivity index is 1.61. The molecule has 116 valence electrons. The monoisotopic (exact) mass is 344 g/mol. The zero-order valence-electron chi connectivity index (χ0n) is 12.0. The maximum Gasteiger partial charge on any atom is 0.244 e. The largest absolute Gasteiger partial charge is 0.375 e. The Kier molecular flexibility index (Phi) is 4.55. The van der Waals surface area contributed by atoms with Crippen LogP contribution in [-0.4, -0.2) is 17.1 Å². The summed E-state index contributed by atoms with van der Waals surface area (Å²) >= 11 is 7.28. The molecule has 0 fully saturated rings. The van der Waals surface area contributed by atoms with E-state index in [1.165, 1.54) is 11.3 Å². The van der Waals surface area contributed by atoms with Crippen LogP contribution < -0.4 is 11.2 Å². The van der Waals surface area contributed by atoms with Crippen molar-refractivity contribution >= 4 is 50.4 Å². The average molecular weight is 345 g/mol. The molecule has 0 saturated carbocycles. The Morgan fingerprint density at radius 3 is 3.04 bits per heavy atom. The molecule has 0 spiro atoms. The Labute approximate surface area is 141 Å². The van der Waals surface area contributed by atoms with Crippen LogP contribution in [0, 0.1) is 0 Å². The third-order valence-corrected chi connectivity index (χ3v) is 4.17. The van der Waals surface area contributed by atoms with Gasteiger partial charge in [0, 0.05) is 5.02 Å². The van der Waals surface area contributed by atoms with Gasteiger partial charge in [0.05, 0.1) is 22.9 Å². The van der Waals surface area contributed by atoms with Crippen LogP contribution in [0.3, 0.4) is 0 Å². The van der Waals surface area contributed by atoms with Gasteiger partial charge in [0.15, 0.2) is 5.13 Å². The maximum absolute atomic E-state index is 11.9. The number of nitrogen functional groups attached to an aromatic ring is 1. The van der Waals surface area contributed by atoms with Crippen molar-refractivity contribution in [2.45, 2.75) is 6.42 Å².